The zero-order valence-corrected chi connectivity index (χ0v) is 12.1. The lowest BCUT2D eigenvalue weighted by molar-refractivity contribution is 0.0904. The van der Waals surface area contributed by atoms with E-state index in [0.29, 0.717) is 17.4 Å². The number of hydrogen-bond acceptors (Lipinski definition) is 4. The maximum atomic E-state index is 12.2. The van der Waals surface area contributed by atoms with Gasteiger partial charge in [-0.15, -0.1) is 0 Å². The van der Waals surface area contributed by atoms with Gasteiger partial charge < -0.3 is 10.1 Å². The molecule has 0 saturated carbocycles. The maximum Gasteiger partial charge on any atom is 0.180 e. The Bertz CT molecular complexity index is 507. The van der Waals surface area contributed by atoms with E-state index >= 15 is 0 Å². The topological polar surface area (TPSA) is 55.4 Å². The molecule has 1 aromatic rings. The molecule has 1 aliphatic rings. The second kappa shape index (κ2) is 6.39. The van der Waals surface area contributed by atoms with Crippen LogP contribution in [0.3, 0.4) is 0 Å². The van der Waals surface area contributed by atoms with Gasteiger partial charge in [-0.1, -0.05) is 19.1 Å². The minimum Gasteiger partial charge on any atom is -0.381 e. The predicted molar refractivity (Wildman–Crippen MR) is 76.2 cm³/mol. The van der Waals surface area contributed by atoms with Crippen molar-refractivity contribution >= 4 is 15.5 Å². The van der Waals surface area contributed by atoms with Gasteiger partial charge in [-0.05, 0) is 31.4 Å². The fourth-order valence-electron chi connectivity index (χ4n) is 2.30. The lowest BCUT2D eigenvalue weighted by atomic mass is 10.1. The molecule has 0 aliphatic carbocycles. The Morgan fingerprint density at radius 3 is 2.63 bits per heavy atom. The average Bonchev–Trinajstić information content (AvgIpc) is 2.40. The van der Waals surface area contributed by atoms with Gasteiger partial charge >= 0.3 is 0 Å². The van der Waals surface area contributed by atoms with Crippen LogP contribution in [0.25, 0.3) is 0 Å². The molecule has 19 heavy (non-hydrogen) atoms. The summed E-state index contributed by atoms with van der Waals surface area (Å²) < 4.78 is 29.8. The van der Waals surface area contributed by atoms with Crippen molar-refractivity contribution in [2.24, 2.45) is 0 Å². The van der Waals surface area contributed by atoms with Gasteiger partial charge in [0.05, 0.1) is 16.3 Å². The van der Waals surface area contributed by atoms with Crippen LogP contribution in [0.2, 0.25) is 0 Å². The number of sulfone groups is 1. The predicted octanol–water partition coefficient (Wildman–Crippen LogP) is 2.46. The third-order valence-electron chi connectivity index (χ3n) is 3.28. The Balaban J connectivity index is 2.20. The molecule has 4 nitrogen and oxygen atoms in total. The smallest absolute Gasteiger partial charge is 0.180 e. The molecule has 0 bridgehead atoms. The number of nitrogens with one attached hydrogen (secondary N) is 1. The van der Waals surface area contributed by atoms with Crippen molar-refractivity contribution in [3.63, 3.8) is 0 Å². The van der Waals surface area contributed by atoms with Gasteiger partial charge in [0.2, 0.25) is 0 Å². The van der Waals surface area contributed by atoms with E-state index in [2.05, 4.69) is 5.32 Å². The van der Waals surface area contributed by atoms with Crippen molar-refractivity contribution in [1.82, 2.24) is 0 Å². The molecule has 5 heteroatoms. The van der Waals surface area contributed by atoms with E-state index in [1.807, 2.05) is 19.1 Å². The molecular formula is C14H21NO3S. The third-order valence-corrected chi connectivity index (χ3v) is 5.25. The number of hydrogen-bond donors (Lipinski definition) is 1. The van der Waals surface area contributed by atoms with Gasteiger partial charge in [-0.3, -0.25) is 0 Å². The van der Waals surface area contributed by atoms with E-state index in [1.165, 1.54) is 0 Å². The van der Waals surface area contributed by atoms with E-state index in [4.69, 9.17) is 4.74 Å². The lowest BCUT2D eigenvalue weighted by Crippen LogP contribution is -2.28. The van der Waals surface area contributed by atoms with Crippen molar-refractivity contribution in [2.75, 3.05) is 24.3 Å². The minimum absolute atomic E-state index is 0.194. The van der Waals surface area contributed by atoms with Gasteiger partial charge in [-0.25, -0.2) is 8.42 Å². The van der Waals surface area contributed by atoms with Crippen LogP contribution in [0.1, 0.15) is 26.2 Å². The summed E-state index contributed by atoms with van der Waals surface area (Å²) in [6.07, 6.45) is 2.47. The van der Waals surface area contributed by atoms with Crippen LogP contribution < -0.4 is 5.32 Å². The molecular weight excluding hydrogens is 262 g/mol. The SMILES string of the molecule is CCCS(=O)(=O)c1ccccc1NC1CCOCC1. The van der Waals surface area contributed by atoms with Crippen LogP contribution in [0.5, 0.6) is 0 Å². The van der Waals surface area contributed by atoms with Crippen LogP contribution in [-0.4, -0.2) is 33.4 Å². The first-order valence-corrected chi connectivity index (χ1v) is 8.45. The van der Waals surface area contributed by atoms with Crippen molar-refractivity contribution < 1.29 is 13.2 Å². The lowest BCUT2D eigenvalue weighted by Gasteiger charge is -2.25. The summed E-state index contributed by atoms with van der Waals surface area (Å²) in [5.41, 5.74) is 0.725. The first-order valence-electron chi connectivity index (χ1n) is 6.79. The Morgan fingerprint density at radius 2 is 1.95 bits per heavy atom. The first kappa shape index (κ1) is 14.3. The van der Waals surface area contributed by atoms with Crippen molar-refractivity contribution in [3.8, 4) is 0 Å². The maximum absolute atomic E-state index is 12.2. The van der Waals surface area contributed by atoms with Crippen LogP contribution in [0, 0.1) is 0 Å². The molecule has 0 radical (unpaired) electrons. The van der Waals surface area contributed by atoms with E-state index in [9.17, 15) is 8.42 Å². The summed E-state index contributed by atoms with van der Waals surface area (Å²) >= 11 is 0. The molecule has 1 fully saturated rings. The summed E-state index contributed by atoms with van der Waals surface area (Å²) in [5.74, 6) is 0.194. The molecule has 0 atom stereocenters. The van der Waals surface area contributed by atoms with Gasteiger partial charge in [0.25, 0.3) is 0 Å². The second-order valence-corrected chi connectivity index (χ2v) is 6.92. The summed E-state index contributed by atoms with van der Waals surface area (Å²) in [6.45, 7) is 3.36. The molecule has 106 valence electrons. The highest BCUT2D eigenvalue weighted by Gasteiger charge is 2.20. The second-order valence-electron chi connectivity index (χ2n) is 4.85. The van der Waals surface area contributed by atoms with Crippen LogP contribution in [-0.2, 0) is 14.6 Å². The van der Waals surface area contributed by atoms with Crippen molar-refractivity contribution in [1.29, 1.82) is 0 Å². The highest BCUT2D eigenvalue weighted by atomic mass is 32.2. The van der Waals surface area contributed by atoms with Crippen molar-refractivity contribution in [2.45, 2.75) is 37.1 Å². The quantitative estimate of drug-likeness (QED) is 0.902. The van der Waals surface area contributed by atoms with Crippen molar-refractivity contribution in [3.05, 3.63) is 24.3 Å². The summed E-state index contributed by atoms with van der Waals surface area (Å²) in [4.78, 5) is 0.420. The minimum atomic E-state index is -3.19. The van der Waals surface area contributed by atoms with Crippen LogP contribution in [0.4, 0.5) is 5.69 Å². The van der Waals surface area contributed by atoms with Crippen LogP contribution in [0.15, 0.2) is 29.2 Å². The highest BCUT2D eigenvalue weighted by Crippen LogP contribution is 2.25. The van der Waals surface area contributed by atoms with Gasteiger partial charge in [0, 0.05) is 19.3 Å². The number of rotatable bonds is 5. The fraction of sp³-hybridized carbons (Fsp3) is 0.571. The number of para-hydroxylation sites is 1. The zero-order chi connectivity index (χ0) is 13.7. The summed E-state index contributed by atoms with van der Waals surface area (Å²) in [6, 6.07) is 7.47. The Hall–Kier alpha value is -1.07. The number of benzene rings is 1. The molecule has 0 amide bonds. The van der Waals surface area contributed by atoms with Gasteiger partial charge in [0.15, 0.2) is 9.84 Å². The molecule has 1 saturated heterocycles. The van der Waals surface area contributed by atoms with Crippen LogP contribution >= 0.6 is 0 Å². The molecule has 0 spiro atoms. The third kappa shape index (κ3) is 3.70. The molecule has 1 heterocycles. The van der Waals surface area contributed by atoms with Gasteiger partial charge in [-0.2, -0.15) is 0 Å². The van der Waals surface area contributed by atoms with E-state index in [0.717, 1.165) is 31.7 Å². The normalized spacial score (nSPS) is 17.3. The largest absolute Gasteiger partial charge is 0.381 e. The molecule has 1 aliphatic heterocycles. The Kier molecular flexibility index (Phi) is 4.82. The number of ether oxygens (including phenoxy) is 1. The summed E-state index contributed by atoms with van der Waals surface area (Å²) in [7, 11) is -3.19. The number of anilines is 1. The highest BCUT2D eigenvalue weighted by molar-refractivity contribution is 7.91. The molecule has 1 N–H and O–H groups in total. The standard InChI is InChI=1S/C14H21NO3S/c1-2-11-19(16,17)14-6-4-3-5-13(14)15-12-7-9-18-10-8-12/h3-6,12,15H,2,7-11H2,1H3. The Labute approximate surface area is 115 Å². The molecule has 0 unspecified atom stereocenters. The molecule has 1 aromatic carbocycles. The Morgan fingerprint density at radius 1 is 1.26 bits per heavy atom. The average molecular weight is 283 g/mol. The zero-order valence-electron chi connectivity index (χ0n) is 11.3. The monoisotopic (exact) mass is 283 g/mol. The van der Waals surface area contributed by atoms with E-state index in [1.54, 1.807) is 12.1 Å². The van der Waals surface area contributed by atoms with E-state index in [-0.39, 0.29) is 5.75 Å². The molecule has 2 rings (SSSR count). The molecule has 0 aromatic heterocycles. The summed E-state index contributed by atoms with van der Waals surface area (Å²) in [5, 5.41) is 3.35. The first-order chi connectivity index (χ1) is 9.13. The van der Waals surface area contributed by atoms with E-state index < -0.39 is 9.84 Å². The fourth-order valence-corrected chi connectivity index (χ4v) is 3.80. The van der Waals surface area contributed by atoms with Gasteiger partial charge in [0.1, 0.15) is 0 Å².